The number of benzene rings is 2. The summed E-state index contributed by atoms with van der Waals surface area (Å²) in [4.78, 5) is 19.8. The second kappa shape index (κ2) is 8.22. The molecule has 0 radical (unpaired) electrons. The van der Waals surface area contributed by atoms with E-state index in [0.29, 0.717) is 34.9 Å². The molecule has 0 unspecified atom stereocenters. The number of aromatic nitrogens is 3. The van der Waals surface area contributed by atoms with Crippen molar-refractivity contribution in [2.75, 3.05) is 18.0 Å². The first-order valence-electron chi connectivity index (χ1n) is 11.1. The van der Waals surface area contributed by atoms with E-state index in [0.717, 1.165) is 31.5 Å². The van der Waals surface area contributed by atoms with Crippen molar-refractivity contribution in [2.45, 2.75) is 33.2 Å². The van der Waals surface area contributed by atoms with Crippen LogP contribution in [0.2, 0.25) is 0 Å². The Morgan fingerprint density at radius 1 is 1.16 bits per heavy atom. The molecule has 6 nitrogen and oxygen atoms in total. The molecule has 1 aliphatic rings. The highest BCUT2D eigenvalue weighted by atomic mass is 19.1. The minimum atomic E-state index is -0.376. The van der Waals surface area contributed by atoms with Crippen LogP contribution in [0.3, 0.4) is 0 Å². The third-order valence-electron chi connectivity index (χ3n) is 6.30. The Labute approximate surface area is 185 Å². The number of anilines is 1. The van der Waals surface area contributed by atoms with Crippen molar-refractivity contribution >= 4 is 16.6 Å². The number of pyridine rings is 1. The Bertz CT molecular complexity index is 1320. The van der Waals surface area contributed by atoms with Gasteiger partial charge >= 0.3 is 0 Å². The second-order valence-corrected chi connectivity index (χ2v) is 8.44. The minimum absolute atomic E-state index is 0.132. The Hall–Kier alpha value is -3.48. The number of hydrogen-bond acceptors (Lipinski definition) is 5. The molecule has 1 fully saturated rings. The highest BCUT2D eigenvalue weighted by molar-refractivity contribution is 5.86. The number of fused-ring (bicyclic) bond motifs is 1. The third kappa shape index (κ3) is 3.57. The van der Waals surface area contributed by atoms with E-state index in [9.17, 15) is 4.79 Å². The number of rotatable bonds is 4. The normalized spacial score (nSPS) is 14.9. The van der Waals surface area contributed by atoms with E-state index in [-0.39, 0.29) is 22.7 Å². The van der Waals surface area contributed by atoms with Crippen LogP contribution < -0.4 is 10.3 Å². The topological polar surface area (TPSA) is 64.2 Å². The highest BCUT2D eigenvalue weighted by Gasteiger charge is 2.22. The molecule has 2 aromatic heterocycles. The summed E-state index contributed by atoms with van der Waals surface area (Å²) in [7, 11) is 0. The van der Waals surface area contributed by atoms with Crippen LogP contribution in [-0.2, 0) is 6.54 Å². The zero-order valence-corrected chi connectivity index (χ0v) is 18.2. The van der Waals surface area contributed by atoms with E-state index in [4.69, 9.17) is 4.52 Å². The van der Waals surface area contributed by atoms with E-state index >= 15 is 4.39 Å². The molecule has 4 aromatic rings. The lowest BCUT2D eigenvalue weighted by molar-refractivity contribution is 0.431. The lowest BCUT2D eigenvalue weighted by atomic mass is 9.98. The fourth-order valence-corrected chi connectivity index (χ4v) is 4.34. The molecule has 0 amide bonds. The molecular weight excluding hydrogens is 407 g/mol. The zero-order chi connectivity index (χ0) is 22.2. The minimum Gasteiger partial charge on any atom is -0.369 e. The summed E-state index contributed by atoms with van der Waals surface area (Å²) >= 11 is 0. The van der Waals surface area contributed by atoms with Crippen LogP contribution in [0.1, 0.15) is 26.7 Å². The van der Waals surface area contributed by atoms with Crippen molar-refractivity contribution < 1.29 is 8.91 Å². The van der Waals surface area contributed by atoms with Gasteiger partial charge in [-0.3, -0.25) is 4.79 Å². The van der Waals surface area contributed by atoms with Crippen molar-refractivity contribution in [1.82, 2.24) is 14.7 Å². The predicted molar refractivity (Wildman–Crippen MR) is 123 cm³/mol. The molecule has 3 heterocycles. The Morgan fingerprint density at radius 3 is 2.62 bits per heavy atom. The molecule has 2 aromatic carbocycles. The van der Waals surface area contributed by atoms with E-state index in [1.165, 1.54) is 6.07 Å². The molecule has 7 heteroatoms. The number of hydrogen-bond donors (Lipinski definition) is 0. The lowest BCUT2D eigenvalue weighted by Crippen LogP contribution is -2.33. The van der Waals surface area contributed by atoms with Crippen molar-refractivity contribution in [3.05, 3.63) is 64.7 Å². The fraction of sp³-hybridized carbons (Fsp3) is 0.320. The quantitative estimate of drug-likeness (QED) is 0.448. The summed E-state index contributed by atoms with van der Waals surface area (Å²) in [5, 5.41) is 4.34. The third-order valence-corrected chi connectivity index (χ3v) is 6.30. The van der Waals surface area contributed by atoms with Gasteiger partial charge in [0.1, 0.15) is 11.4 Å². The van der Waals surface area contributed by atoms with Crippen LogP contribution in [-0.4, -0.2) is 27.8 Å². The maximum absolute atomic E-state index is 15.1. The fourth-order valence-electron chi connectivity index (χ4n) is 4.34. The van der Waals surface area contributed by atoms with Gasteiger partial charge in [0, 0.05) is 36.8 Å². The number of aryl methyl sites for hydroxylation is 1. The average molecular weight is 432 g/mol. The number of piperidine rings is 1. The van der Waals surface area contributed by atoms with Gasteiger partial charge in [-0.25, -0.2) is 4.39 Å². The van der Waals surface area contributed by atoms with Gasteiger partial charge in [-0.1, -0.05) is 42.4 Å². The van der Waals surface area contributed by atoms with Crippen LogP contribution >= 0.6 is 0 Å². The van der Waals surface area contributed by atoms with Gasteiger partial charge in [-0.05, 0) is 37.8 Å². The van der Waals surface area contributed by atoms with Crippen molar-refractivity contribution in [3.8, 4) is 22.8 Å². The summed E-state index contributed by atoms with van der Waals surface area (Å²) in [5.74, 6) is 0.817. The first kappa shape index (κ1) is 20.4. The van der Waals surface area contributed by atoms with E-state index in [1.807, 2.05) is 41.8 Å². The maximum Gasteiger partial charge on any atom is 0.263 e. The molecule has 1 aliphatic heterocycles. The van der Waals surface area contributed by atoms with Gasteiger partial charge in [0.15, 0.2) is 0 Å². The largest absolute Gasteiger partial charge is 0.369 e. The zero-order valence-electron chi connectivity index (χ0n) is 18.2. The number of nitrogens with zero attached hydrogens (tertiary/aromatic N) is 4. The van der Waals surface area contributed by atoms with Crippen LogP contribution in [0.25, 0.3) is 33.7 Å². The smallest absolute Gasteiger partial charge is 0.263 e. The molecule has 0 saturated carbocycles. The first-order chi connectivity index (χ1) is 15.5. The van der Waals surface area contributed by atoms with E-state index in [1.54, 1.807) is 12.3 Å². The van der Waals surface area contributed by atoms with Crippen LogP contribution in [0, 0.1) is 11.7 Å². The standard InChI is InChI=1S/C25H25FN4O2/c1-3-29-15-19(25-27-24(28-32-25)17-7-5-4-6-8-17)23(31)18-13-20(26)22(14-21(18)29)30-11-9-16(2)10-12-30/h4-8,13-16H,3,9-12H2,1-2H3. The summed E-state index contributed by atoms with van der Waals surface area (Å²) in [6, 6.07) is 12.6. The van der Waals surface area contributed by atoms with Crippen molar-refractivity contribution in [3.63, 3.8) is 0 Å². The van der Waals surface area contributed by atoms with Crippen LogP contribution in [0.5, 0.6) is 0 Å². The molecule has 32 heavy (non-hydrogen) atoms. The van der Waals surface area contributed by atoms with Gasteiger partial charge in [-0.15, -0.1) is 0 Å². The summed E-state index contributed by atoms with van der Waals surface area (Å²) in [5.41, 5.74) is 2.02. The molecule has 0 N–H and O–H groups in total. The summed E-state index contributed by atoms with van der Waals surface area (Å²) in [6.07, 6.45) is 3.81. The molecule has 1 saturated heterocycles. The SMILES string of the molecule is CCn1cc(-c2nc(-c3ccccc3)no2)c(=O)c2cc(F)c(N3CCC(C)CC3)cc21. The highest BCUT2D eigenvalue weighted by Crippen LogP contribution is 2.30. The molecule has 0 atom stereocenters. The molecular formula is C25H25FN4O2. The van der Waals surface area contributed by atoms with Crippen LogP contribution in [0.15, 0.2) is 58.0 Å². The summed E-state index contributed by atoms with van der Waals surface area (Å²) in [6.45, 7) is 6.48. The van der Waals surface area contributed by atoms with Gasteiger partial charge < -0.3 is 14.0 Å². The average Bonchev–Trinajstić information content (AvgIpc) is 3.31. The Kier molecular flexibility index (Phi) is 5.25. The van der Waals surface area contributed by atoms with E-state index < -0.39 is 0 Å². The predicted octanol–water partition coefficient (Wildman–Crippen LogP) is 5.11. The molecule has 164 valence electrons. The van der Waals surface area contributed by atoms with Gasteiger partial charge in [0.05, 0.1) is 11.2 Å². The Balaban J connectivity index is 1.60. The van der Waals surface area contributed by atoms with Gasteiger partial charge in [0.2, 0.25) is 11.3 Å². The molecule has 5 rings (SSSR count). The molecule has 0 bridgehead atoms. The Morgan fingerprint density at radius 2 is 1.91 bits per heavy atom. The van der Waals surface area contributed by atoms with E-state index in [2.05, 4.69) is 22.0 Å². The van der Waals surface area contributed by atoms with Crippen molar-refractivity contribution in [1.29, 1.82) is 0 Å². The monoisotopic (exact) mass is 432 g/mol. The summed E-state index contributed by atoms with van der Waals surface area (Å²) < 4.78 is 22.5. The van der Waals surface area contributed by atoms with Gasteiger partial charge in [0.25, 0.3) is 5.89 Å². The van der Waals surface area contributed by atoms with Gasteiger partial charge in [-0.2, -0.15) is 4.98 Å². The first-order valence-corrected chi connectivity index (χ1v) is 11.1. The van der Waals surface area contributed by atoms with Crippen LogP contribution in [0.4, 0.5) is 10.1 Å². The maximum atomic E-state index is 15.1. The molecule has 0 aliphatic carbocycles. The number of halogens is 1. The molecule has 0 spiro atoms. The van der Waals surface area contributed by atoms with Crippen molar-refractivity contribution in [2.24, 2.45) is 5.92 Å². The lowest BCUT2D eigenvalue weighted by Gasteiger charge is -2.32. The second-order valence-electron chi connectivity index (χ2n) is 8.44.